The molecule has 0 unspecified atom stereocenters. The number of ether oxygens (including phenoxy) is 1. The van der Waals surface area contributed by atoms with Crippen molar-refractivity contribution in [2.45, 2.75) is 24.3 Å². The van der Waals surface area contributed by atoms with Gasteiger partial charge in [-0.1, -0.05) is 12.1 Å². The van der Waals surface area contributed by atoms with Crippen LogP contribution in [0, 0.1) is 0 Å². The summed E-state index contributed by atoms with van der Waals surface area (Å²) in [6, 6.07) is 12.5. The van der Waals surface area contributed by atoms with E-state index in [1.165, 1.54) is 24.3 Å². The van der Waals surface area contributed by atoms with Crippen molar-refractivity contribution in [3.63, 3.8) is 0 Å². The summed E-state index contributed by atoms with van der Waals surface area (Å²) in [6.45, 7) is 3.38. The third kappa shape index (κ3) is 3.17. The first kappa shape index (κ1) is 17.2. The number of sulfone groups is 1. The minimum Gasteiger partial charge on any atom is -0.508 e. The molecule has 0 atom stereocenters. The fourth-order valence-electron chi connectivity index (χ4n) is 2.70. The molecule has 6 heteroatoms. The van der Waals surface area contributed by atoms with Gasteiger partial charge in [-0.05, 0) is 55.8 Å². The van der Waals surface area contributed by atoms with Gasteiger partial charge in [0.15, 0.2) is 15.4 Å². The van der Waals surface area contributed by atoms with E-state index in [0.717, 1.165) is 6.26 Å². The van der Waals surface area contributed by atoms with Crippen LogP contribution >= 0.6 is 0 Å². The highest BCUT2D eigenvalue weighted by molar-refractivity contribution is 7.90. The number of hydrogen-bond acceptors (Lipinski definition) is 5. The Kier molecular flexibility index (Phi) is 3.95. The molecule has 0 bridgehead atoms. The van der Waals surface area contributed by atoms with Gasteiger partial charge < -0.3 is 9.84 Å². The van der Waals surface area contributed by atoms with Gasteiger partial charge in [-0.25, -0.2) is 8.42 Å². The molecule has 25 heavy (non-hydrogen) atoms. The second-order valence-electron chi connectivity index (χ2n) is 6.49. The molecule has 1 heterocycles. The van der Waals surface area contributed by atoms with Gasteiger partial charge in [0.05, 0.1) is 10.5 Å². The number of carbonyl (C=O) groups excluding carboxylic acids is 1. The van der Waals surface area contributed by atoms with Crippen molar-refractivity contribution in [1.82, 2.24) is 0 Å². The van der Waals surface area contributed by atoms with Crippen LogP contribution < -0.4 is 0 Å². The minimum atomic E-state index is -3.30. The summed E-state index contributed by atoms with van der Waals surface area (Å²) < 4.78 is 29.1. The van der Waals surface area contributed by atoms with Gasteiger partial charge in [-0.15, -0.1) is 0 Å². The van der Waals surface area contributed by atoms with E-state index < -0.39 is 15.4 Å². The summed E-state index contributed by atoms with van der Waals surface area (Å²) in [5.41, 5.74) is 0.653. The number of Topliss-reactive ketones (excluding diaryl/α,β-unsaturated/α-hetero) is 1. The van der Waals surface area contributed by atoms with Crippen molar-refractivity contribution in [2.75, 3.05) is 6.26 Å². The maximum absolute atomic E-state index is 12.8. The number of rotatable bonds is 3. The lowest BCUT2D eigenvalue weighted by Crippen LogP contribution is -2.29. The van der Waals surface area contributed by atoms with Gasteiger partial charge in [0, 0.05) is 11.8 Å². The summed E-state index contributed by atoms with van der Waals surface area (Å²) >= 11 is 0. The molecule has 0 radical (unpaired) electrons. The number of aromatic hydroxyl groups is 1. The van der Waals surface area contributed by atoms with Gasteiger partial charge in [0.1, 0.15) is 11.5 Å². The Morgan fingerprint density at radius 1 is 0.920 bits per heavy atom. The van der Waals surface area contributed by atoms with E-state index in [1.807, 2.05) is 0 Å². The molecule has 2 aromatic carbocycles. The van der Waals surface area contributed by atoms with Crippen LogP contribution in [0.5, 0.6) is 5.75 Å². The molecule has 2 aromatic rings. The van der Waals surface area contributed by atoms with Crippen molar-refractivity contribution >= 4 is 27.0 Å². The van der Waals surface area contributed by atoms with E-state index in [9.17, 15) is 18.3 Å². The molecule has 0 aromatic heterocycles. The first-order valence-corrected chi connectivity index (χ1v) is 9.57. The standard InChI is InChI=1S/C19H18O5S/c1-19(2)18(21)16(12-4-8-14(20)9-5-12)17(24-19)13-6-10-15(11-7-13)25(3,22)23/h4-11,20H,1-3H3. The molecule has 3 rings (SSSR count). The van der Waals surface area contributed by atoms with Crippen LogP contribution in [-0.2, 0) is 19.4 Å². The largest absolute Gasteiger partial charge is 0.508 e. The second kappa shape index (κ2) is 5.74. The van der Waals surface area contributed by atoms with Crippen LogP contribution in [0.25, 0.3) is 11.3 Å². The zero-order valence-electron chi connectivity index (χ0n) is 14.1. The monoisotopic (exact) mass is 358 g/mol. The molecule has 1 N–H and O–H groups in total. The summed E-state index contributed by atoms with van der Waals surface area (Å²) in [4.78, 5) is 13.0. The van der Waals surface area contributed by atoms with E-state index in [1.54, 1.807) is 38.1 Å². The Balaban J connectivity index is 2.15. The molecule has 0 spiro atoms. The Morgan fingerprint density at radius 3 is 1.96 bits per heavy atom. The van der Waals surface area contributed by atoms with Gasteiger partial charge in [0.2, 0.25) is 5.78 Å². The number of phenols is 1. The molecule has 0 amide bonds. The smallest absolute Gasteiger partial charge is 0.210 e. The molecular weight excluding hydrogens is 340 g/mol. The molecule has 1 aliphatic heterocycles. The van der Waals surface area contributed by atoms with Crippen LogP contribution in [-0.4, -0.2) is 31.2 Å². The molecular formula is C19H18O5S. The van der Waals surface area contributed by atoms with E-state index in [0.29, 0.717) is 22.5 Å². The lowest BCUT2D eigenvalue weighted by Gasteiger charge is -2.17. The van der Waals surface area contributed by atoms with Crippen LogP contribution in [0.4, 0.5) is 0 Å². The van der Waals surface area contributed by atoms with Crippen LogP contribution in [0.15, 0.2) is 53.4 Å². The topological polar surface area (TPSA) is 80.7 Å². The highest BCUT2D eigenvalue weighted by atomic mass is 32.2. The number of hydrogen-bond donors (Lipinski definition) is 1. The maximum Gasteiger partial charge on any atom is 0.210 e. The SMILES string of the molecule is CC1(C)OC(c2ccc(S(C)(=O)=O)cc2)=C(c2ccc(O)cc2)C1=O. The Morgan fingerprint density at radius 2 is 1.44 bits per heavy atom. The van der Waals surface area contributed by atoms with Gasteiger partial charge >= 0.3 is 0 Å². The fraction of sp³-hybridized carbons (Fsp3) is 0.211. The van der Waals surface area contributed by atoms with Crippen molar-refractivity contribution in [3.05, 3.63) is 59.7 Å². The first-order chi connectivity index (χ1) is 11.6. The predicted molar refractivity (Wildman–Crippen MR) is 94.6 cm³/mol. The predicted octanol–water partition coefficient (Wildman–Crippen LogP) is 3.04. The molecule has 0 saturated heterocycles. The molecule has 0 saturated carbocycles. The third-order valence-corrected chi connectivity index (χ3v) is 5.19. The summed E-state index contributed by atoms with van der Waals surface area (Å²) in [5.74, 6) is 0.343. The van der Waals surface area contributed by atoms with E-state index >= 15 is 0 Å². The Hall–Kier alpha value is -2.60. The molecule has 0 aliphatic carbocycles. The lowest BCUT2D eigenvalue weighted by atomic mass is 9.92. The van der Waals surface area contributed by atoms with E-state index in [4.69, 9.17) is 4.74 Å². The number of ketones is 1. The minimum absolute atomic E-state index is 0.106. The summed E-state index contributed by atoms with van der Waals surface area (Å²) in [6.07, 6.45) is 1.14. The fourth-order valence-corrected chi connectivity index (χ4v) is 3.33. The summed E-state index contributed by atoms with van der Waals surface area (Å²) in [7, 11) is -3.30. The quantitative estimate of drug-likeness (QED) is 0.912. The number of benzene rings is 2. The second-order valence-corrected chi connectivity index (χ2v) is 8.50. The Labute approximate surface area is 146 Å². The average molecular weight is 358 g/mol. The third-order valence-electron chi connectivity index (χ3n) is 4.06. The zero-order chi connectivity index (χ0) is 18.4. The number of phenolic OH excluding ortho intramolecular Hbond substituents is 1. The van der Waals surface area contributed by atoms with Crippen molar-refractivity contribution < 1.29 is 23.1 Å². The lowest BCUT2D eigenvalue weighted by molar-refractivity contribution is -0.125. The van der Waals surface area contributed by atoms with Gasteiger partial charge in [-0.2, -0.15) is 0 Å². The van der Waals surface area contributed by atoms with Gasteiger partial charge in [0.25, 0.3) is 0 Å². The van der Waals surface area contributed by atoms with Crippen LogP contribution in [0.1, 0.15) is 25.0 Å². The van der Waals surface area contributed by atoms with Crippen molar-refractivity contribution in [2.24, 2.45) is 0 Å². The molecule has 5 nitrogen and oxygen atoms in total. The van der Waals surface area contributed by atoms with E-state index in [-0.39, 0.29) is 16.4 Å². The van der Waals surface area contributed by atoms with E-state index in [2.05, 4.69) is 0 Å². The zero-order valence-corrected chi connectivity index (χ0v) is 14.9. The maximum atomic E-state index is 12.8. The average Bonchev–Trinajstić information content (AvgIpc) is 2.78. The highest BCUT2D eigenvalue weighted by Gasteiger charge is 2.42. The number of carbonyl (C=O) groups is 1. The van der Waals surface area contributed by atoms with Crippen molar-refractivity contribution in [1.29, 1.82) is 0 Å². The van der Waals surface area contributed by atoms with Gasteiger partial charge in [-0.3, -0.25) is 4.79 Å². The first-order valence-electron chi connectivity index (χ1n) is 7.67. The Bertz CT molecular complexity index is 965. The van der Waals surface area contributed by atoms with Crippen molar-refractivity contribution in [3.8, 4) is 5.75 Å². The van der Waals surface area contributed by atoms with Crippen LogP contribution in [0.3, 0.4) is 0 Å². The van der Waals surface area contributed by atoms with Crippen LogP contribution in [0.2, 0.25) is 0 Å². The summed E-state index contributed by atoms with van der Waals surface area (Å²) in [5, 5.41) is 9.47. The molecule has 0 fully saturated rings. The highest BCUT2D eigenvalue weighted by Crippen LogP contribution is 2.41. The molecule has 130 valence electrons. The normalized spacial score (nSPS) is 16.8. The molecule has 1 aliphatic rings.